The Hall–Kier alpha value is -1.12. The van der Waals surface area contributed by atoms with Crippen LogP contribution >= 0.6 is 0 Å². The molecule has 1 heterocycles. The van der Waals surface area contributed by atoms with Crippen LogP contribution in [0.3, 0.4) is 0 Å². The first kappa shape index (κ1) is 12.5. The summed E-state index contributed by atoms with van der Waals surface area (Å²) in [5.41, 5.74) is -0.164. The van der Waals surface area contributed by atoms with E-state index in [1.807, 2.05) is 27.7 Å². The van der Waals surface area contributed by atoms with Gasteiger partial charge in [0.2, 0.25) is 0 Å². The van der Waals surface area contributed by atoms with Crippen molar-refractivity contribution in [1.82, 2.24) is 9.97 Å². The molecule has 64 valence electrons. The highest BCUT2D eigenvalue weighted by atomic mass is 16.1. The maximum Gasteiger partial charge on any atom is 0.266 e. The van der Waals surface area contributed by atoms with E-state index in [1.165, 1.54) is 18.6 Å². The highest BCUT2D eigenvalue weighted by Gasteiger charge is 1.70. The van der Waals surface area contributed by atoms with Gasteiger partial charge in [-0.05, 0) is 0 Å². The fourth-order valence-corrected chi connectivity index (χ4v) is 0.310. The molecule has 1 N–H and O–H groups in total. The molecular formula is C8H16N2O. The molecule has 1 aromatic heterocycles. The first-order chi connectivity index (χ1) is 5.39. The van der Waals surface area contributed by atoms with Crippen LogP contribution in [-0.2, 0) is 0 Å². The van der Waals surface area contributed by atoms with Crippen LogP contribution < -0.4 is 5.56 Å². The predicted octanol–water partition coefficient (Wildman–Crippen LogP) is 1.82. The highest BCUT2D eigenvalue weighted by Crippen LogP contribution is 1.57. The Morgan fingerprint density at radius 3 is 2.00 bits per heavy atom. The van der Waals surface area contributed by atoms with Crippen LogP contribution in [0.1, 0.15) is 27.7 Å². The van der Waals surface area contributed by atoms with E-state index in [9.17, 15) is 4.79 Å². The van der Waals surface area contributed by atoms with Gasteiger partial charge in [0.05, 0.1) is 6.20 Å². The molecule has 11 heavy (non-hydrogen) atoms. The van der Waals surface area contributed by atoms with E-state index >= 15 is 0 Å². The Kier molecular flexibility index (Phi) is 13.3. The van der Waals surface area contributed by atoms with Gasteiger partial charge in [-0.15, -0.1) is 0 Å². The van der Waals surface area contributed by atoms with Gasteiger partial charge in [0.1, 0.15) is 0 Å². The molecule has 3 nitrogen and oxygen atoms in total. The third-order valence-electron chi connectivity index (χ3n) is 0.578. The van der Waals surface area contributed by atoms with Crippen LogP contribution in [0.4, 0.5) is 0 Å². The van der Waals surface area contributed by atoms with Crippen LogP contribution in [-0.4, -0.2) is 9.97 Å². The molecule has 0 spiro atoms. The maximum atomic E-state index is 10.2. The Morgan fingerprint density at radius 1 is 1.27 bits per heavy atom. The largest absolute Gasteiger partial charge is 0.326 e. The van der Waals surface area contributed by atoms with Crippen molar-refractivity contribution in [3.05, 3.63) is 28.9 Å². The van der Waals surface area contributed by atoms with Gasteiger partial charge < -0.3 is 4.98 Å². The monoisotopic (exact) mass is 156 g/mol. The molecule has 0 fully saturated rings. The predicted molar refractivity (Wildman–Crippen MR) is 47.6 cm³/mol. The van der Waals surface area contributed by atoms with Crippen molar-refractivity contribution in [1.29, 1.82) is 0 Å². The maximum absolute atomic E-state index is 10.2. The second-order valence-corrected chi connectivity index (χ2v) is 1.10. The fourth-order valence-electron chi connectivity index (χ4n) is 0.310. The van der Waals surface area contributed by atoms with Crippen LogP contribution in [0.25, 0.3) is 0 Å². The Bertz CT molecular complexity index is 178. The normalized spacial score (nSPS) is 6.55. The summed E-state index contributed by atoms with van der Waals surface area (Å²) in [6.07, 6.45) is 4.23. The molecule has 0 aliphatic carbocycles. The van der Waals surface area contributed by atoms with Crippen molar-refractivity contribution in [2.75, 3.05) is 0 Å². The summed E-state index contributed by atoms with van der Waals surface area (Å²) in [5, 5.41) is 0. The second kappa shape index (κ2) is 11.6. The number of H-pyrrole nitrogens is 1. The van der Waals surface area contributed by atoms with Crippen molar-refractivity contribution >= 4 is 0 Å². The SMILES string of the molecule is CC.CC.O=c1cncc[nH]1. The fraction of sp³-hybridized carbons (Fsp3) is 0.500. The van der Waals surface area contributed by atoms with Gasteiger partial charge in [0.15, 0.2) is 0 Å². The average molecular weight is 156 g/mol. The van der Waals surface area contributed by atoms with E-state index in [4.69, 9.17) is 0 Å². The molecule has 0 aliphatic heterocycles. The van der Waals surface area contributed by atoms with Crippen molar-refractivity contribution < 1.29 is 0 Å². The van der Waals surface area contributed by atoms with Gasteiger partial charge in [0.25, 0.3) is 5.56 Å². The summed E-state index contributed by atoms with van der Waals surface area (Å²) in [6, 6.07) is 0. The zero-order valence-electron chi connectivity index (χ0n) is 7.59. The number of hydrogen-bond donors (Lipinski definition) is 1. The summed E-state index contributed by atoms with van der Waals surface area (Å²) in [5.74, 6) is 0. The number of nitrogens with zero attached hydrogens (tertiary/aromatic N) is 1. The van der Waals surface area contributed by atoms with Crippen LogP contribution in [0.5, 0.6) is 0 Å². The molecule has 0 aliphatic rings. The first-order valence-corrected chi connectivity index (χ1v) is 3.88. The van der Waals surface area contributed by atoms with Crippen LogP contribution in [0.2, 0.25) is 0 Å². The molecule has 0 aromatic carbocycles. The van der Waals surface area contributed by atoms with Gasteiger partial charge in [-0.3, -0.25) is 9.78 Å². The summed E-state index contributed by atoms with van der Waals surface area (Å²) in [4.78, 5) is 16.1. The van der Waals surface area contributed by atoms with E-state index in [2.05, 4.69) is 9.97 Å². The summed E-state index contributed by atoms with van der Waals surface area (Å²) >= 11 is 0. The van der Waals surface area contributed by atoms with Gasteiger partial charge >= 0.3 is 0 Å². The standard InChI is InChI=1S/C4H4N2O.2C2H6/c7-4-3-5-1-2-6-4;2*1-2/h1-3H,(H,6,7);2*1-2H3. The summed E-state index contributed by atoms with van der Waals surface area (Å²) in [6.45, 7) is 8.00. The number of rotatable bonds is 0. The van der Waals surface area contributed by atoms with Gasteiger partial charge in [-0.1, -0.05) is 27.7 Å². The van der Waals surface area contributed by atoms with E-state index in [1.54, 1.807) is 0 Å². The number of nitrogens with one attached hydrogen (secondary N) is 1. The lowest BCUT2D eigenvalue weighted by Crippen LogP contribution is -2.01. The number of aromatic amines is 1. The van der Waals surface area contributed by atoms with Crippen LogP contribution in [0, 0.1) is 0 Å². The zero-order chi connectivity index (χ0) is 9.11. The molecule has 1 rings (SSSR count). The summed E-state index contributed by atoms with van der Waals surface area (Å²) < 4.78 is 0. The van der Waals surface area contributed by atoms with Crippen molar-refractivity contribution in [2.45, 2.75) is 27.7 Å². The summed E-state index contributed by atoms with van der Waals surface area (Å²) in [7, 11) is 0. The number of hydrogen-bond acceptors (Lipinski definition) is 2. The lowest BCUT2D eigenvalue weighted by atomic mass is 10.8. The minimum absolute atomic E-state index is 0.164. The van der Waals surface area contributed by atoms with Crippen molar-refractivity contribution in [2.24, 2.45) is 0 Å². The Balaban J connectivity index is 0. The highest BCUT2D eigenvalue weighted by molar-refractivity contribution is 4.73. The van der Waals surface area contributed by atoms with Gasteiger partial charge in [-0.25, -0.2) is 0 Å². The topological polar surface area (TPSA) is 45.8 Å². The molecule has 0 bridgehead atoms. The Labute approximate surface area is 67.5 Å². The third-order valence-corrected chi connectivity index (χ3v) is 0.578. The molecule has 0 saturated heterocycles. The average Bonchev–Trinajstić information content (AvgIpc) is 2.13. The number of aromatic nitrogens is 2. The van der Waals surface area contributed by atoms with E-state index in [0.717, 1.165) is 0 Å². The van der Waals surface area contributed by atoms with E-state index in [-0.39, 0.29) is 5.56 Å². The zero-order valence-corrected chi connectivity index (χ0v) is 7.59. The molecule has 0 saturated carbocycles. The van der Waals surface area contributed by atoms with Gasteiger partial charge in [0, 0.05) is 12.4 Å². The smallest absolute Gasteiger partial charge is 0.266 e. The second-order valence-electron chi connectivity index (χ2n) is 1.10. The molecule has 3 heteroatoms. The van der Waals surface area contributed by atoms with Crippen LogP contribution in [0.15, 0.2) is 23.4 Å². The molecule has 0 atom stereocenters. The van der Waals surface area contributed by atoms with E-state index in [0.29, 0.717) is 0 Å². The van der Waals surface area contributed by atoms with E-state index < -0.39 is 0 Å². The first-order valence-electron chi connectivity index (χ1n) is 3.88. The van der Waals surface area contributed by atoms with Crippen molar-refractivity contribution in [3.63, 3.8) is 0 Å². The molecule has 0 radical (unpaired) electrons. The van der Waals surface area contributed by atoms with Crippen molar-refractivity contribution in [3.8, 4) is 0 Å². The lowest BCUT2D eigenvalue weighted by molar-refractivity contribution is 1.14. The molecular weight excluding hydrogens is 140 g/mol. The minimum atomic E-state index is -0.164. The molecule has 0 unspecified atom stereocenters. The van der Waals surface area contributed by atoms with Gasteiger partial charge in [-0.2, -0.15) is 0 Å². The third kappa shape index (κ3) is 8.88. The minimum Gasteiger partial charge on any atom is -0.326 e. The Morgan fingerprint density at radius 2 is 1.82 bits per heavy atom. The molecule has 0 amide bonds. The lowest BCUT2D eigenvalue weighted by Gasteiger charge is -1.73. The molecule has 1 aromatic rings. The quantitative estimate of drug-likeness (QED) is 0.622.